The van der Waals surface area contributed by atoms with Crippen molar-refractivity contribution < 1.29 is 38.1 Å². The molecular weight excluding hydrogens is 640 g/mol. The quantitative estimate of drug-likeness (QED) is 0.115. The summed E-state index contributed by atoms with van der Waals surface area (Å²) in [6, 6.07) is 21.8. The molecule has 50 heavy (non-hydrogen) atoms. The topological polar surface area (TPSA) is 131 Å². The first-order valence-corrected chi connectivity index (χ1v) is 17.3. The third-order valence-corrected chi connectivity index (χ3v) is 9.51. The molecule has 3 atom stereocenters. The molecule has 1 aromatic heterocycles. The van der Waals surface area contributed by atoms with Crippen LogP contribution in [0.3, 0.4) is 0 Å². The Morgan fingerprint density at radius 3 is 2.36 bits per heavy atom. The van der Waals surface area contributed by atoms with Gasteiger partial charge in [-0.05, 0) is 53.1 Å². The SMILES string of the molecule is CCCCN(CCCC)C(=O)CN1C[C@H](c2ccc3c(c2)OCO3)[C@@H](C(=O)OCc2c(-c3ccccc3)no[n+]2[O-])[C@@H]1c1ccc(OC)cc1. The summed E-state index contributed by atoms with van der Waals surface area (Å²) in [7, 11) is 1.60. The molecule has 0 aliphatic carbocycles. The molecule has 0 unspecified atom stereocenters. The number of ether oxygens (including phenoxy) is 4. The maximum Gasteiger partial charge on any atom is 0.312 e. The van der Waals surface area contributed by atoms with Crippen molar-refractivity contribution in [3.63, 3.8) is 0 Å². The van der Waals surface area contributed by atoms with Gasteiger partial charge in [-0.2, -0.15) is 0 Å². The van der Waals surface area contributed by atoms with Crippen molar-refractivity contribution in [3.05, 3.63) is 94.8 Å². The average molecular weight is 685 g/mol. The molecule has 0 saturated carbocycles. The summed E-state index contributed by atoms with van der Waals surface area (Å²) < 4.78 is 27.6. The van der Waals surface area contributed by atoms with Gasteiger partial charge in [0.25, 0.3) is 5.69 Å². The number of hydrogen-bond acceptors (Lipinski definition) is 10. The predicted molar refractivity (Wildman–Crippen MR) is 183 cm³/mol. The van der Waals surface area contributed by atoms with E-state index in [1.807, 2.05) is 65.6 Å². The van der Waals surface area contributed by atoms with Crippen LogP contribution in [0.1, 0.15) is 68.3 Å². The van der Waals surface area contributed by atoms with Gasteiger partial charge in [-0.25, -0.2) is 0 Å². The Morgan fingerprint density at radius 1 is 0.960 bits per heavy atom. The first-order chi connectivity index (χ1) is 24.4. The van der Waals surface area contributed by atoms with Crippen molar-refractivity contribution in [1.29, 1.82) is 0 Å². The standard InChI is InChI=1S/C38H44N4O8/c1-4-6-19-40(20-7-5-2)34(43)23-41-22-30(28-15-18-32-33(21-28)49-25-48-32)35(37(41)27-13-16-29(46-3)17-14-27)38(44)47-24-31-36(39-50-42(31)45)26-11-9-8-10-12-26/h8-18,21,30,35,37H,4-7,19-20,22-25H2,1-3H3/t30-,35-,37+/m1/s1. The van der Waals surface area contributed by atoms with Crippen LogP contribution in [0.25, 0.3) is 11.3 Å². The fourth-order valence-electron chi connectivity index (χ4n) is 6.83. The highest BCUT2D eigenvalue weighted by molar-refractivity contribution is 5.80. The maximum atomic E-state index is 14.5. The van der Waals surface area contributed by atoms with E-state index in [9.17, 15) is 14.8 Å². The number of aromatic nitrogens is 2. The highest BCUT2D eigenvalue weighted by Gasteiger charge is 2.49. The Balaban J connectivity index is 1.36. The van der Waals surface area contributed by atoms with Crippen molar-refractivity contribution in [2.45, 2.75) is 58.1 Å². The molecule has 1 fully saturated rings. The number of methoxy groups -OCH3 is 1. The second-order valence-corrected chi connectivity index (χ2v) is 12.7. The summed E-state index contributed by atoms with van der Waals surface area (Å²) >= 11 is 0. The van der Waals surface area contributed by atoms with Crippen LogP contribution in [0.15, 0.2) is 77.4 Å². The molecule has 1 saturated heterocycles. The van der Waals surface area contributed by atoms with E-state index >= 15 is 0 Å². The van der Waals surface area contributed by atoms with Gasteiger partial charge in [-0.15, -0.1) is 0 Å². The number of unbranched alkanes of at least 4 members (excludes halogenated alkanes) is 2. The van der Waals surface area contributed by atoms with Gasteiger partial charge in [0.1, 0.15) is 5.75 Å². The number of hydrogen-bond donors (Lipinski definition) is 0. The molecule has 2 aliphatic heterocycles. The van der Waals surface area contributed by atoms with Gasteiger partial charge >= 0.3 is 5.97 Å². The minimum absolute atomic E-state index is 0.0215. The van der Waals surface area contributed by atoms with Crippen molar-refractivity contribution >= 4 is 11.9 Å². The van der Waals surface area contributed by atoms with E-state index in [4.69, 9.17) is 23.6 Å². The van der Waals surface area contributed by atoms with Gasteiger partial charge in [0.15, 0.2) is 18.1 Å². The Morgan fingerprint density at radius 2 is 1.66 bits per heavy atom. The molecule has 6 rings (SSSR count). The number of benzene rings is 3. The molecule has 0 radical (unpaired) electrons. The second-order valence-electron chi connectivity index (χ2n) is 12.7. The molecule has 0 bridgehead atoms. The lowest BCUT2D eigenvalue weighted by Crippen LogP contribution is -2.42. The fraction of sp³-hybridized carbons (Fsp3) is 0.421. The van der Waals surface area contributed by atoms with Crippen LogP contribution in [0.5, 0.6) is 17.2 Å². The smallest absolute Gasteiger partial charge is 0.312 e. The average Bonchev–Trinajstić information content (AvgIpc) is 3.87. The maximum absolute atomic E-state index is 14.5. The fourth-order valence-corrected chi connectivity index (χ4v) is 6.83. The molecule has 2 aliphatic rings. The van der Waals surface area contributed by atoms with Gasteiger partial charge in [0.2, 0.25) is 18.4 Å². The highest BCUT2D eigenvalue weighted by Crippen LogP contribution is 2.48. The third kappa shape index (κ3) is 7.55. The zero-order valence-electron chi connectivity index (χ0n) is 28.8. The summed E-state index contributed by atoms with van der Waals surface area (Å²) in [6.45, 7) is 5.90. The summed E-state index contributed by atoms with van der Waals surface area (Å²) in [6.07, 6.45) is 3.80. The molecule has 264 valence electrons. The first-order valence-electron chi connectivity index (χ1n) is 17.3. The van der Waals surface area contributed by atoms with Crippen LogP contribution in [-0.4, -0.2) is 66.9 Å². The lowest BCUT2D eigenvalue weighted by Gasteiger charge is -2.30. The van der Waals surface area contributed by atoms with Crippen LogP contribution in [0, 0.1) is 11.1 Å². The van der Waals surface area contributed by atoms with E-state index in [0.29, 0.717) is 48.1 Å². The molecule has 0 N–H and O–H groups in total. The van der Waals surface area contributed by atoms with Crippen molar-refractivity contribution in [2.75, 3.05) is 40.1 Å². The molecule has 12 heteroatoms. The molecular formula is C38H44N4O8. The lowest BCUT2D eigenvalue weighted by molar-refractivity contribution is -0.808. The van der Waals surface area contributed by atoms with E-state index < -0.39 is 17.9 Å². The van der Waals surface area contributed by atoms with Crippen molar-refractivity contribution in [3.8, 4) is 28.5 Å². The largest absolute Gasteiger partial charge is 0.497 e. The molecule has 1 amide bonds. The number of esters is 1. The van der Waals surface area contributed by atoms with E-state index in [0.717, 1.165) is 36.8 Å². The van der Waals surface area contributed by atoms with Gasteiger partial charge < -0.3 is 29.1 Å². The lowest BCUT2D eigenvalue weighted by atomic mass is 9.82. The third-order valence-electron chi connectivity index (χ3n) is 9.51. The van der Waals surface area contributed by atoms with Crippen molar-refractivity contribution in [2.24, 2.45) is 5.92 Å². The van der Waals surface area contributed by atoms with E-state index in [1.165, 1.54) is 0 Å². The van der Waals surface area contributed by atoms with E-state index in [-0.39, 0.29) is 42.4 Å². The Bertz CT molecular complexity index is 1740. The van der Waals surface area contributed by atoms with Crippen LogP contribution in [0.2, 0.25) is 0 Å². The first kappa shape index (κ1) is 34.8. The van der Waals surface area contributed by atoms with Crippen molar-refractivity contribution in [1.82, 2.24) is 15.0 Å². The number of carbonyl (C=O) groups is 2. The summed E-state index contributed by atoms with van der Waals surface area (Å²) in [4.78, 5) is 32.8. The van der Waals surface area contributed by atoms with Gasteiger partial charge in [-0.1, -0.05) is 75.2 Å². The molecule has 3 heterocycles. The number of likely N-dealkylation sites (tertiary alicyclic amines) is 1. The van der Waals surface area contributed by atoms with Crippen LogP contribution < -0.4 is 19.1 Å². The van der Waals surface area contributed by atoms with Gasteiger partial charge in [0, 0.05) is 42.3 Å². The zero-order valence-corrected chi connectivity index (χ0v) is 28.8. The normalized spacial score (nSPS) is 18.3. The summed E-state index contributed by atoms with van der Waals surface area (Å²) in [5.41, 5.74) is 2.73. The highest BCUT2D eigenvalue weighted by atomic mass is 16.8. The van der Waals surface area contributed by atoms with E-state index in [1.54, 1.807) is 19.2 Å². The van der Waals surface area contributed by atoms with Crippen LogP contribution in [-0.2, 0) is 20.9 Å². The Kier molecular flexibility index (Phi) is 11.2. The minimum atomic E-state index is -0.753. The minimum Gasteiger partial charge on any atom is -0.497 e. The number of nitrogens with zero attached hydrogens (tertiary/aromatic N) is 4. The van der Waals surface area contributed by atoms with Crippen LogP contribution in [0.4, 0.5) is 0 Å². The van der Waals surface area contributed by atoms with E-state index in [2.05, 4.69) is 23.9 Å². The molecule has 3 aromatic carbocycles. The molecule has 4 aromatic rings. The Labute approximate surface area is 292 Å². The van der Waals surface area contributed by atoms with Gasteiger partial charge in [-0.3, -0.25) is 19.1 Å². The number of fused-ring (bicyclic) bond motifs is 1. The van der Waals surface area contributed by atoms with Crippen LogP contribution >= 0.6 is 0 Å². The predicted octanol–water partition coefficient (Wildman–Crippen LogP) is 5.64. The molecule has 0 spiro atoms. The van der Waals surface area contributed by atoms with Gasteiger partial charge in [0.05, 0.1) is 19.6 Å². The second kappa shape index (κ2) is 16.1. The number of carbonyl (C=O) groups excluding carboxylic acids is 2. The number of rotatable bonds is 15. The molecule has 12 nitrogen and oxygen atoms in total. The summed E-state index contributed by atoms with van der Waals surface area (Å²) in [5.74, 6) is 0.272. The monoisotopic (exact) mass is 684 g/mol. The zero-order chi connectivity index (χ0) is 35.0. The Hall–Kier alpha value is -5.10. The number of amides is 1. The summed E-state index contributed by atoms with van der Waals surface area (Å²) in [5, 5.41) is 16.6.